The van der Waals surface area contributed by atoms with Crippen LogP contribution in [0.15, 0.2) is 0 Å². The fourth-order valence-corrected chi connectivity index (χ4v) is 2.00. The fourth-order valence-electron chi connectivity index (χ4n) is 2.00. The summed E-state index contributed by atoms with van der Waals surface area (Å²) in [7, 11) is 0. The first kappa shape index (κ1) is 10.9. The third-order valence-corrected chi connectivity index (χ3v) is 3.38. The molecule has 0 atom stereocenters. The number of fused-ring (bicyclic) bond motifs is 2. The highest BCUT2D eigenvalue weighted by atomic mass is 15.1. The summed E-state index contributed by atoms with van der Waals surface area (Å²) in [6.45, 7) is 8.16. The summed E-state index contributed by atoms with van der Waals surface area (Å²) >= 11 is 0. The zero-order valence-electron chi connectivity index (χ0n) is 11.0. The van der Waals surface area contributed by atoms with Gasteiger partial charge in [0, 0.05) is 22.8 Å². The van der Waals surface area contributed by atoms with E-state index < -0.39 is 0 Å². The topological polar surface area (TPSA) is 94.7 Å². The van der Waals surface area contributed by atoms with Crippen LogP contribution in [-0.2, 0) is 0 Å². The molecule has 0 fully saturated rings. The molecule has 0 unspecified atom stereocenters. The average Bonchev–Trinajstić information content (AvgIpc) is 2.31. The Labute approximate surface area is 104 Å². The SMILES string of the molecule is Cc1[nH]c2[nH]c3[nH]c(C)c(C)[nH]c3[nH]c2[nH]c1C. The van der Waals surface area contributed by atoms with Gasteiger partial charge >= 0.3 is 0 Å². The van der Waals surface area contributed by atoms with Crippen molar-refractivity contribution in [2.45, 2.75) is 27.7 Å². The summed E-state index contributed by atoms with van der Waals surface area (Å²) in [5.41, 5.74) is 8.16. The number of rotatable bonds is 0. The van der Waals surface area contributed by atoms with E-state index in [0.29, 0.717) is 0 Å². The molecule has 0 saturated heterocycles. The van der Waals surface area contributed by atoms with E-state index in [4.69, 9.17) is 0 Å². The lowest BCUT2D eigenvalue weighted by Gasteiger charge is -2.10. The molecule has 3 aromatic heterocycles. The Bertz CT molecular complexity index is 651. The molecule has 3 heterocycles. The van der Waals surface area contributed by atoms with Gasteiger partial charge in [0.15, 0.2) is 22.6 Å². The zero-order valence-corrected chi connectivity index (χ0v) is 11.0. The van der Waals surface area contributed by atoms with Crippen molar-refractivity contribution in [3.05, 3.63) is 22.8 Å². The summed E-state index contributed by atoms with van der Waals surface area (Å²) in [6, 6.07) is 0. The smallest absolute Gasteiger partial charge is 0.151 e. The minimum absolute atomic E-state index is 0.929. The molecule has 0 aliphatic rings. The standard InChI is InChI=1S/C12H18N6/c1-5-6(2)14-10-9(13-5)17-11-12(18-10)16-8(4)7(3)15-11/h13-18H,1-4H3. The van der Waals surface area contributed by atoms with Crippen molar-refractivity contribution in [3.63, 3.8) is 0 Å². The van der Waals surface area contributed by atoms with Crippen molar-refractivity contribution in [1.29, 1.82) is 0 Å². The quantitative estimate of drug-likeness (QED) is 0.329. The van der Waals surface area contributed by atoms with Crippen LogP contribution < -0.4 is 0 Å². The lowest BCUT2D eigenvalue weighted by atomic mass is 10.3. The van der Waals surface area contributed by atoms with Crippen LogP contribution >= 0.6 is 0 Å². The molecule has 6 heteroatoms. The lowest BCUT2D eigenvalue weighted by molar-refractivity contribution is 1.03. The maximum absolute atomic E-state index is 3.34. The molecule has 6 N–H and O–H groups in total. The van der Waals surface area contributed by atoms with Gasteiger partial charge < -0.3 is 29.9 Å². The molecule has 3 aromatic rings. The molecule has 0 radical (unpaired) electrons. The van der Waals surface area contributed by atoms with Gasteiger partial charge in [-0.15, -0.1) is 0 Å². The van der Waals surface area contributed by atoms with E-state index in [2.05, 4.69) is 29.9 Å². The fraction of sp³-hybridized carbons (Fsp3) is 0.333. The van der Waals surface area contributed by atoms with Crippen molar-refractivity contribution < 1.29 is 0 Å². The van der Waals surface area contributed by atoms with Crippen molar-refractivity contribution in [2.75, 3.05) is 0 Å². The van der Waals surface area contributed by atoms with E-state index in [1.807, 2.05) is 27.7 Å². The Morgan fingerprint density at radius 2 is 0.611 bits per heavy atom. The number of nitrogens with one attached hydrogen (secondary N) is 6. The third kappa shape index (κ3) is 1.57. The van der Waals surface area contributed by atoms with Crippen molar-refractivity contribution >= 4 is 22.6 Å². The van der Waals surface area contributed by atoms with E-state index in [1.165, 1.54) is 0 Å². The van der Waals surface area contributed by atoms with Crippen LogP contribution in [0.4, 0.5) is 0 Å². The van der Waals surface area contributed by atoms with Gasteiger partial charge in [-0.2, -0.15) is 0 Å². The molecule has 0 aromatic carbocycles. The molecule has 0 bridgehead atoms. The van der Waals surface area contributed by atoms with E-state index in [-0.39, 0.29) is 0 Å². The van der Waals surface area contributed by atoms with Gasteiger partial charge in [0.2, 0.25) is 0 Å². The normalized spacial score (nSPS) is 11.3. The maximum Gasteiger partial charge on any atom is 0.151 e. The van der Waals surface area contributed by atoms with Crippen LogP contribution in [0.5, 0.6) is 0 Å². The number of aromatic nitrogens is 6. The summed E-state index contributed by atoms with van der Waals surface area (Å²) in [6.07, 6.45) is 0. The highest BCUT2D eigenvalue weighted by Gasteiger charge is 2.03. The zero-order chi connectivity index (χ0) is 12.9. The molecule has 0 aliphatic carbocycles. The van der Waals surface area contributed by atoms with Crippen LogP contribution in [-0.4, -0.2) is 29.9 Å². The van der Waals surface area contributed by atoms with Gasteiger partial charge in [-0.3, -0.25) is 0 Å². The Morgan fingerprint density at radius 1 is 0.389 bits per heavy atom. The highest BCUT2D eigenvalue weighted by Crippen LogP contribution is 2.13. The average molecular weight is 246 g/mol. The van der Waals surface area contributed by atoms with Crippen molar-refractivity contribution in [2.24, 2.45) is 0 Å². The molecule has 0 saturated carbocycles. The number of H-pyrrole nitrogens is 6. The van der Waals surface area contributed by atoms with E-state index in [0.717, 1.165) is 45.4 Å². The summed E-state index contributed by atoms with van der Waals surface area (Å²) in [5, 5.41) is 0. The van der Waals surface area contributed by atoms with Gasteiger partial charge in [-0.1, -0.05) is 0 Å². The number of hydrogen-bond donors (Lipinski definition) is 6. The Balaban J connectivity index is 2.43. The molecular weight excluding hydrogens is 228 g/mol. The van der Waals surface area contributed by atoms with Crippen LogP contribution in [0.25, 0.3) is 22.6 Å². The second-order valence-electron chi connectivity index (χ2n) is 4.75. The van der Waals surface area contributed by atoms with Gasteiger partial charge in [-0.05, 0) is 27.7 Å². The number of hydrogen-bond acceptors (Lipinski definition) is 0. The molecule has 0 spiro atoms. The van der Waals surface area contributed by atoms with E-state index in [9.17, 15) is 0 Å². The molecule has 6 nitrogen and oxygen atoms in total. The van der Waals surface area contributed by atoms with Crippen LogP contribution in [0.2, 0.25) is 0 Å². The Morgan fingerprint density at radius 3 is 0.833 bits per heavy atom. The predicted molar refractivity (Wildman–Crippen MR) is 72.9 cm³/mol. The molecule has 18 heavy (non-hydrogen) atoms. The molecule has 0 aliphatic heterocycles. The highest BCUT2D eigenvalue weighted by molar-refractivity contribution is 5.77. The van der Waals surface area contributed by atoms with Gasteiger partial charge in [0.25, 0.3) is 0 Å². The van der Waals surface area contributed by atoms with Crippen molar-refractivity contribution in [3.8, 4) is 0 Å². The molecule has 0 amide bonds. The van der Waals surface area contributed by atoms with E-state index in [1.54, 1.807) is 0 Å². The van der Waals surface area contributed by atoms with Gasteiger partial charge in [0.1, 0.15) is 0 Å². The minimum Gasteiger partial charge on any atom is -0.341 e. The van der Waals surface area contributed by atoms with Crippen LogP contribution in [0.1, 0.15) is 22.8 Å². The van der Waals surface area contributed by atoms with Crippen LogP contribution in [0, 0.1) is 27.7 Å². The van der Waals surface area contributed by atoms with Gasteiger partial charge in [0.05, 0.1) is 0 Å². The monoisotopic (exact) mass is 246 g/mol. The van der Waals surface area contributed by atoms with E-state index >= 15 is 0 Å². The summed E-state index contributed by atoms with van der Waals surface area (Å²) < 4.78 is 0. The van der Waals surface area contributed by atoms with Crippen LogP contribution in [0.3, 0.4) is 0 Å². The molecular formula is C12H18N6. The summed E-state index contributed by atoms with van der Waals surface area (Å²) in [5.74, 6) is 0. The second kappa shape index (κ2) is 3.63. The lowest BCUT2D eigenvalue weighted by Crippen LogP contribution is -2.02. The predicted octanol–water partition coefficient (Wildman–Crippen LogP) is 2.88. The first-order chi connectivity index (χ1) is 8.54. The first-order valence-electron chi connectivity index (χ1n) is 6.00. The Hall–Kier alpha value is -2.24. The minimum atomic E-state index is 0.929. The number of aromatic amines is 6. The Kier molecular flexibility index (Phi) is 2.19. The summed E-state index contributed by atoms with van der Waals surface area (Å²) in [4.78, 5) is 20.0. The van der Waals surface area contributed by atoms with Crippen molar-refractivity contribution in [1.82, 2.24) is 29.9 Å². The third-order valence-electron chi connectivity index (χ3n) is 3.38. The largest absolute Gasteiger partial charge is 0.341 e. The molecule has 3 rings (SSSR count). The second-order valence-corrected chi connectivity index (χ2v) is 4.75. The molecule has 96 valence electrons. The number of aryl methyl sites for hydroxylation is 4. The first-order valence-corrected chi connectivity index (χ1v) is 6.00. The van der Waals surface area contributed by atoms with Gasteiger partial charge in [-0.25, -0.2) is 0 Å². The maximum atomic E-state index is 3.34.